The van der Waals surface area contributed by atoms with Gasteiger partial charge in [0.2, 0.25) is 5.91 Å². The first-order valence-electron chi connectivity index (χ1n) is 9.24. The van der Waals surface area contributed by atoms with Crippen molar-refractivity contribution in [1.82, 2.24) is 0 Å². The smallest absolute Gasteiger partial charge is 0.251 e. The van der Waals surface area contributed by atoms with Gasteiger partial charge in [-0.2, -0.15) is 0 Å². The Morgan fingerprint density at radius 3 is 2.67 bits per heavy atom. The monoisotopic (exact) mass is 386 g/mol. The van der Waals surface area contributed by atoms with E-state index in [0.717, 1.165) is 43.2 Å². The highest BCUT2D eigenvalue weighted by Crippen LogP contribution is 2.37. The van der Waals surface area contributed by atoms with Crippen LogP contribution in [0.15, 0.2) is 18.2 Å². The van der Waals surface area contributed by atoms with Gasteiger partial charge in [0.05, 0.1) is 12.0 Å². The van der Waals surface area contributed by atoms with Crippen LogP contribution in [0.25, 0.3) is 0 Å². The fraction of sp³-hybridized carbons (Fsp3) is 0.400. The second kappa shape index (κ2) is 7.60. The molecule has 7 heteroatoms. The average Bonchev–Trinajstić information content (AvgIpc) is 2.82. The van der Waals surface area contributed by atoms with Crippen LogP contribution in [-0.2, 0) is 24.1 Å². The molecule has 2 amide bonds. The number of hydrogen-bond acceptors (Lipinski definition) is 5. The van der Waals surface area contributed by atoms with Crippen LogP contribution in [0.4, 0.5) is 5.00 Å². The zero-order valence-corrected chi connectivity index (χ0v) is 15.8. The molecular weight excluding hydrogens is 364 g/mol. The quantitative estimate of drug-likeness (QED) is 0.790. The second-order valence-corrected chi connectivity index (χ2v) is 7.94. The van der Waals surface area contributed by atoms with E-state index < -0.39 is 5.91 Å². The number of primary amides is 1. The van der Waals surface area contributed by atoms with Crippen LogP contribution in [-0.4, -0.2) is 25.0 Å². The summed E-state index contributed by atoms with van der Waals surface area (Å²) in [6, 6.07) is 5.50. The minimum absolute atomic E-state index is 0.175. The van der Waals surface area contributed by atoms with Crippen molar-refractivity contribution >= 4 is 28.2 Å². The molecule has 6 nitrogen and oxygen atoms in total. The standard InChI is InChI=1S/C20H22N2O4S/c21-19(24)18-13-4-2-1-3-5-16(13)27-20(18)22-17(23)11-12-6-7-14-15(10-12)26-9-8-25-14/h6-7,10H,1-5,8-9,11H2,(H2,21,24)(H,22,23). The number of aryl methyl sites for hydroxylation is 1. The number of benzene rings is 1. The molecule has 1 aromatic heterocycles. The Kier molecular flexibility index (Phi) is 5.03. The molecule has 0 fully saturated rings. The lowest BCUT2D eigenvalue weighted by atomic mass is 10.0. The predicted octanol–water partition coefficient (Wildman–Crippen LogP) is 3.07. The summed E-state index contributed by atoms with van der Waals surface area (Å²) >= 11 is 1.49. The molecule has 1 aliphatic carbocycles. The van der Waals surface area contributed by atoms with Gasteiger partial charge in [-0.1, -0.05) is 12.5 Å². The van der Waals surface area contributed by atoms with Gasteiger partial charge in [-0.05, 0) is 48.9 Å². The van der Waals surface area contributed by atoms with Gasteiger partial charge >= 0.3 is 0 Å². The number of carbonyl (C=O) groups is 2. The highest BCUT2D eigenvalue weighted by atomic mass is 32.1. The molecule has 4 rings (SSSR count). The number of thiophene rings is 1. The van der Waals surface area contributed by atoms with Crippen molar-refractivity contribution in [2.45, 2.75) is 38.5 Å². The van der Waals surface area contributed by atoms with Gasteiger partial charge in [0.15, 0.2) is 11.5 Å². The number of carbonyl (C=O) groups excluding carboxylic acids is 2. The summed E-state index contributed by atoms with van der Waals surface area (Å²) in [6.45, 7) is 1.04. The summed E-state index contributed by atoms with van der Waals surface area (Å²) in [5, 5.41) is 3.49. The second-order valence-electron chi connectivity index (χ2n) is 6.84. The highest BCUT2D eigenvalue weighted by molar-refractivity contribution is 7.17. The number of ether oxygens (including phenoxy) is 2. The van der Waals surface area contributed by atoms with Crippen LogP contribution in [0.2, 0.25) is 0 Å². The van der Waals surface area contributed by atoms with Crippen LogP contribution in [0, 0.1) is 0 Å². The summed E-state index contributed by atoms with van der Waals surface area (Å²) in [5.41, 5.74) is 7.97. The van der Waals surface area contributed by atoms with Gasteiger partial charge in [-0.15, -0.1) is 11.3 Å². The molecule has 142 valence electrons. The van der Waals surface area contributed by atoms with Gasteiger partial charge < -0.3 is 20.5 Å². The van der Waals surface area contributed by atoms with Crippen molar-refractivity contribution in [2.24, 2.45) is 5.73 Å². The first-order valence-corrected chi connectivity index (χ1v) is 10.1. The van der Waals surface area contributed by atoms with Crippen LogP contribution in [0.3, 0.4) is 0 Å². The fourth-order valence-corrected chi connectivity index (χ4v) is 4.96. The lowest BCUT2D eigenvalue weighted by Gasteiger charge is -2.18. The van der Waals surface area contributed by atoms with Gasteiger partial charge in [0.25, 0.3) is 5.91 Å². The molecule has 0 saturated heterocycles. The summed E-state index contributed by atoms with van der Waals surface area (Å²) < 4.78 is 11.1. The van der Waals surface area contributed by atoms with E-state index >= 15 is 0 Å². The number of hydrogen-bond donors (Lipinski definition) is 2. The topological polar surface area (TPSA) is 90.7 Å². The molecule has 27 heavy (non-hydrogen) atoms. The number of anilines is 1. The van der Waals surface area contributed by atoms with Crippen molar-refractivity contribution in [3.8, 4) is 11.5 Å². The molecule has 0 saturated carbocycles. The SMILES string of the molecule is NC(=O)c1c(NC(=O)Cc2ccc3c(c2)OCCO3)sc2c1CCCCC2. The zero-order valence-electron chi connectivity index (χ0n) is 15.0. The minimum atomic E-state index is -0.468. The molecule has 0 radical (unpaired) electrons. The maximum absolute atomic E-state index is 12.6. The Bertz CT molecular complexity index is 890. The molecule has 3 N–H and O–H groups in total. The number of nitrogens with two attached hydrogens (primary N) is 1. The van der Waals surface area contributed by atoms with Gasteiger partial charge in [-0.3, -0.25) is 9.59 Å². The van der Waals surface area contributed by atoms with Crippen LogP contribution in [0.1, 0.15) is 45.6 Å². The first-order chi connectivity index (χ1) is 13.1. The molecule has 2 heterocycles. The molecule has 0 bridgehead atoms. The highest BCUT2D eigenvalue weighted by Gasteiger charge is 2.24. The van der Waals surface area contributed by atoms with E-state index in [2.05, 4.69) is 5.32 Å². The van der Waals surface area contributed by atoms with Crippen molar-refractivity contribution in [3.05, 3.63) is 39.8 Å². The Morgan fingerprint density at radius 1 is 1.07 bits per heavy atom. The summed E-state index contributed by atoms with van der Waals surface area (Å²) in [6.07, 6.45) is 5.30. The maximum atomic E-state index is 12.6. The molecular formula is C20H22N2O4S. The number of rotatable bonds is 4. The Hall–Kier alpha value is -2.54. The third-order valence-corrected chi connectivity index (χ3v) is 6.10. The van der Waals surface area contributed by atoms with Crippen LogP contribution >= 0.6 is 11.3 Å². The molecule has 0 spiro atoms. The first kappa shape index (κ1) is 17.9. The molecule has 2 aliphatic rings. The lowest BCUT2D eigenvalue weighted by Crippen LogP contribution is -2.19. The van der Waals surface area contributed by atoms with E-state index in [1.807, 2.05) is 18.2 Å². The van der Waals surface area contributed by atoms with Gasteiger partial charge in [0.1, 0.15) is 18.2 Å². The molecule has 1 aliphatic heterocycles. The third-order valence-electron chi connectivity index (χ3n) is 4.89. The summed E-state index contributed by atoms with van der Waals surface area (Å²) in [4.78, 5) is 25.8. The van der Waals surface area contributed by atoms with E-state index in [0.29, 0.717) is 35.3 Å². The molecule has 1 aromatic carbocycles. The fourth-order valence-electron chi connectivity index (χ4n) is 3.65. The van der Waals surface area contributed by atoms with Crippen LogP contribution < -0.4 is 20.5 Å². The van der Waals surface area contributed by atoms with E-state index in [-0.39, 0.29) is 12.3 Å². The molecule has 0 atom stereocenters. The Morgan fingerprint density at radius 2 is 1.85 bits per heavy atom. The van der Waals surface area contributed by atoms with E-state index in [4.69, 9.17) is 15.2 Å². The number of amides is 2. The Balaban J connectivity index is 1.52. The number of nitrogens with one attached hydrogen (secondary N) is 1. The maximum Gasteiger partial charge on any atom is 0.251 e. The number of fused-ring (bicyclic) bond motifs is 2. The van der Waals surface area contributed by atoms with Gasteiger partial charge in [0, 0.05) is 4.88 Å². The zero-order chi connectivity index (χ0) is 18.8. The van der Waals surface area contributed by atoms with Crippen molar-refractivity contribution in [3.63, 3.8) is 0 Å². The van der Waals surface area contributed by atoms with E-state index in [9.17, 15) is 9.59 Å². The normalized spacial score (nSPS) is 15.6. The minimum Gasteiger partial charge on any atom is -0.486 e. The largest absolute Gasteiger partial charge is 0.486 e. The van der Waals surface area contributed by atoms with Crippen molar-refractivity contribution in [2.75, 3.05) is 18.5 Å². The lowest BCUT2D eigenvalue weighted by molar-refractivity contribution is -0.115. The molecule has 0 unspecified atom stereocenters. The predicted molar refractivity (Wildman–Crippen MR) is 104 cm³/mol. The van der Waals surface area contributed by atoms with E-state index in [1.54, 1.807) is 0 Å². The summed E-state index contributed by atoms with van der Waals surface area (Å²) in [7, 11) is 0. The Labute approximate surface area is 161 Å². The van der Waals surface area contributed by atoms with Crippen molar-refractivity contribution < 1.29 is 19.1 Å². The summed E-state index contributed by atoms with van der Waals surface area (Å²) in [5.74, 6) is 0.713. The van der Waals surface area contributed by atoms with Gasteiger partial charge in [-0.25, -0.2) is 0 Å². The third kappa shape index (κ3) is 3.78. The van der Waals surface area contributed by atoms with Crippen molar-refractivity contribution in [1.29, 1.82) is 0 Å². The van der Waals surface area contributed by atoms with E-state index in [1.165, 1.54) is 16.2 Å². The average molecular weight is 386 g/mol. The van der Waals surface area contributed by atoms with Crippen LogP contribution in [0.5, 0.6) is 11.5 Å². The molecule has 2 aromatic rings.